The molecule has 1 aliphatic carbocycles. The molecule has 10 heteroatoms. The van der Waals surface area contributed by atoms with Crippen LogP contribution in [0.1, 0.15) is 12.8 Å². The van der Waals surface area contributed by atoms with E-state index < -0.39 is 18.1 Å². The van der Waals surface area contributed by atoms with Gasteiger partial charge in [0.1, 0.15) is 0 Å². The fourth-order valence-electron chi connectivity index (χ4n) is 3.59. The van der Waals surface area contributed by atoms with Crippen molar-refractivity contribution in [3.05, 3.63) is 60.0 Å². The quantitative estimate of drug-likeness (QED) is 0.412. The zero-order valence-corrected chi connectivity index (χ0v) is 17.5. The lowest BCUT2D eigenvalue weighted by Crippen LogP contribution is -2.38. The number of carbonyl (C=O) groups is 1. The second-order valence-electron chi connectivity index (χ2n) is 7.67. The molecule has 1 aliphatic heterocycles. The van der Waals surface area contributed by atoms with Crippen molar-refractivity contribution in [1.82, 2.24) is 10.6 Å². The molecule has 1 aromatic carbocycles. The zero-order valence-electron chi connectivity index (χ0n) is 17.5. The highest BCUT2D eigenvalue weighted by Gasteiger charge is 2.41. The van der Waals surface area contributed by atoms with E-state index in [2.05, 4.69) is 16.0 Å². The second-order valence-corrected chi connectivity index (χ2v) is 7.67. The molecule has 2 amide bonds. The molecule has 1 heterocycles. The Morgan fingerprint density at radius 2 is 1.84 bits per heavy atom. The molecule has 0 atom stereocenters. The molecule has 0 unspecified atom stereocenters. The van der Waals surface area contributed by atoms with Crippen LogP contribution in [0.2, 0.25) is 0 Å². The van der Waals surface area contributed by atoms with Crippen molar-refractivity contribution in [1.29, 1.82) is 5.41 Å². The first-order chi connectivity index (χ1) is 15.2. The lowest BCUT2D eigenvalue weighted by atomic mass is 9.96. The fourth-order valence-corrected chi connectivity index (χ4v) is 3.59. The molecular formula is C22H27F3N6O. The van der Waals surface area contributed by atoms with Crippen LogP contribution in [0.15, 0.2) is 60.0 Å². The molecule has 1 saturated heterocycles. The number of urea groups is 1. The number of nitrogens with two attached hydrogens (primary N) is 1. The Morgan fingerprint density at radius 3 is 2.47 bits per heavy atom. The van der Waals surface area contributed by atoms with E-state index in [0.29, 0.717) is 37.5 Å². The normalized spacial score (nSPS) is 18.5. The van der Waals surface area contributed by atoms with Gasteiger partial charge in [0.2, 0.25) is 0 Å². The van der Waals surface area contributed by atoms with Crippen LogP contribution in [-0.4, -0.2) is 44.1 Å². The smallest absolute Gasteiger partial charge is 0.389 e. The van der Waals surface area contributed by atoms with Gasteiger partial charge in [0.05, 0.1) is 11.6 Å². The number of rotatable bonds is 7. The fraction of sp³-hybridized carbons (Fsp3) is 0.364. The summed E-state index contributed by atoms with van der Waals surface area (Å²) < 4.78 is 38.6. The van der Waals surface area contributed by atoms with E-state index in [9.17, 15) is 18.0 Å². The Kier molecular flexibility index (Phi) is 7.45. The first-order valence-corrected chi connectivity index (χ1v) is 10.4. The maximum absolute atomic E-state index is 12.9. The molecule has 1 aromatic rings. The molecule has 0 spiro atoms. The number of piperidine rings is 1. The van der Waals surface area contributed by atoms with E-state index in [1.165, 1.54) is 0 Å². The van der Waals surface area contributed by atoms with Gasteiger partial charge in [-0.25, -0.2) is 4.79 Å². The monoisotopic (exact) mass is 448 g/mol. The number of alkyl halides is 3. The third kappa shape index (κ3) is 6.53. The molecule has 32 heavy (non-hydrogen) atoms. The molecule has 7 nitrogen and oxygen atoms in total. The van der Waals surface area contributed by atoms with E-state index in [-0.39, 0.29) is 12.8 Å². The van der Waals surface area contributed by atoms with Crippen LogP contribution in [0.25, 0.3) is 0 Å². The maximum Gasteiger partial charge on any atom is 0.391 e. The highest BCUT2D eigenvalue weighted by molar-refractivity contribution is 6.09. The Bertz CT molecular complexity index is 913. The van der Waals surface area contributed by atoms with Crippen molar-refractivity contribution < 1.29 is 18.0 Å². The van der Waals surface area contributed by atoms with Crippen LogP contribution in [0.5, 0.6) is 0 Å². The van der Waals surface area contributed by atoms with Crippen molar-refractivity contribution >= 4 is 23.1 Å². The first kappa shape index (κ1) is 23.2. The number of halogens is 3. The van der Waals surface area contributed by atoms with E-state index >= 15 is 0 Å². The summed E-state index contributed by atoms with van der Waals surface area (Å²) in [4.78, 5) is 12.6. The average molecular weight is 448 g/mol. The van der Waals surface area contributed by atoms with Gasteiger partial charge < -0.3 is 32.0 Å². The molecule has 0 radical (unpaired) electrons. The van der Waals surface area contributed by atoms with Gasteiger partial charge in [0.15, 0.2) is 0 Å². The van der Waals surface area contributed by atoms with Crippen LogP contribution in [0, 0.1) is 11.3 Å². The molecule has 1 fully saturated rings. The molecule has 3 rings (SSSR count). The SMILES string of the molecule is N=C1C=CC(Nc2ccc(N3CCC(C(F)(F)F)CC3)cc2)=C/C1=C/NCCNC(N)=O. The minimum atomic E-state index is -4.11. The number of hydrogen-bond donors (Lipinski definition) is 5. The summed E-state index contributed by atoms with van der Waals surface area (Å²) in [6.07, 6.45) is 3.13. The minimum Gasteiger partial charge on any atom is -0.389 e. The van der Waals surface area contributed by atoms with E-state index in [4.69, 9.17) is 11.1 Å². The highest BCUT2D eigenvalue weighted by Crippen LogP contribution is 2.35. The number of benzene rings is 1. The Balaban J connectivity index is 1.55. The van der Waals surface area contributed by atoms with Crippen LogP contribution < -0.4 is 26.6 Å². The van der Waals surface area contributed by atoms with Crippen LogP contribution >= 0.6 is 0 Å². The molecule has 6 N–H and O–H groups in total. The molecule has 0 saturated carbocycles. The summed E-state index contributed by atoms with van der Waals surface area (Å²) in [7, 11) is 0. The van der Waals surface area contributed by atoms with Gasteiger partial charge in [-0.15, -0.1) is 0 Å². The Morgan fingerprint density at radius 1 is 1.16 bits per heavy atom. The summed E-state index contributed by atoms with van der Waals surface area (Å²) in [6.45, 7) is 1.63. The van der Waals surface area contributed by atoms with Gasteiger partial charge in [-0.3, -0.25) is 0 Å². The van der Waals surface area contributed by atoms with Crippen molar-refractivity contribution in [3.8, 4) is 0 Å². The van der Waals surface area contributed by atoms with E-state index in [0.717, 1.165) is 17.1 Å². The summed E-state index contributed by atoms with van der Waals surface area (Å²) in [5, 5.41) is 16.8. The van der Waals surface area contributed by atoms with Gasteiger partial charge in [-0.05, 0) is 55.3 Å². The molecular weight excluding hydrogens is 421 g/mol. The number of allylic oxidation sites excluding steroid dienone is 4. The summed E-state index contributed by atoms with van der Waals surface area (Å²) in [6, 6.07) is 6.98. The third-order valence-electron chi connectivity index (χ3n) is 5.36. The van der Waals surface area contributed by atoms with Crippen molar-refractivity contribution in [2.75, 3.05) is 36.4 Å². The summed E-state index contributed by atoms with van der Waals surface area (Å²) in [5.41, 5.74) is 8.57. The van der Waals surface area contributed by atoms with Gasteiger partial charge in [-0.1, -0.05) is 0 Å². The van der Waals surface area contributed by atoms with Crippen LogP contribution in [0.3, 0.4) is 0 Å². The number of anilines is 2. The topological polar surface area (TPSA) is 106 Å². The number of amides is 2. The lowest BCUT2D eigenvalue weighted by Gasteiger charge is -2.34. The van der Waals surface area contributed by atoms with Crippen molar-refractivity contribution in [2.24, 2.45) is 11.7 Å². The highest BCUT2D eigenvalue weighted by atomic mass is 19.4. The maximum atomic E-state index is 12.9. The molecule has 0 bridgehead atoms. The number of nitrogens with zero attached hydrogens (tertiary/aromatic N) is 1. The largest absolute Gasteiger partial charge is 0.391 e. The van der Waals surface area contributed by atoms with Gasteiger partial charge in [0, 0.05) is 55.0 Å². The predicted molar refractivity (Wildman–Crippen MR) is 120 cm³/mol. The Hall–Kier alpha value is -3.43. The van der Waals surface area contributed by atoms with Crippen LogP contribution in [0.4, 0.5) is 29.3 Å². The van der Waals surface area contributed by atoms with Crippen molar-refractivity contribution in [3.63, 3.8) is 0 Å². The predicted octanol–water partition coefficient (Wildman–Crippen LogP) is 3.49. The number of carbonyl (C=O) groups excluding carboxylic acids is 1. The molecule has 2 aliphatic rings. The average Bonchev–Trinajstić information content (AvgIpc) is 2.75. The van der Waals surface area contributed by atoms with Crippen LogP contribution in [-0.2, 0) is 0 Å². The van der Waals surface area contributed by atoms with E-state index in [1.54, 1.807) is 18.4 Å². The second kappa shape index (κ2) is 10.3. The number of hydrogen-bond acceptors (Lipinski definition) is 5. The third-order valence-corrected chi connectivity index (χ3v) is 5.36. The number of primary amides is 1. The van der Waals surface area contributed by atoms with Gasteiger partial charge in [-0.2, -0.15) is 13.2 Å². The molecule has 172 valence electrons. The van der Waals surface area contributed by atoms with Gasteiger partial charge in [0.25, 0.3) is 0 Å². The minimum absolute atomic E-state index is 0.120. The van der Waals surface area contributed by atoms with Crippen molar-refractivity contribution in [2.45, 2.75) is 19.0 Å². The summed E-state index contributed by atoms with van der Waals surface area (Å²) in [5.74, 6) is -1.21. The lowest BCUT2D eigenvalue weighted by molar-refractivity contribution is -0.179. The molecule has 0 aromatic heterocycles. The summed E-state index contributed by atoms with van der Waals surface area (Å²) >= 11 is 0. The van der Waals surface area contributed by atoms with Gasteiger partial charge >= 0.3 is 12.2 Å². The Labute approximate surface area is 184 Å². The zero-order chi connectivity index (χ0) is 23.1. The first-order valence-electron chi connectivity index (χ1n) is 10.4. The number of nitrogens with one attached hydrogen (secondary N) is 4. The standard InChI is InChI=1S/C22H27F3N6O/c23-22(24,25)16-7-11-31(12-8-16)19-4-1-17(2-5-19)30-18-3-6-20(26)15(13-18)14-28-9-10-29-21(27)32/h1-6,13-14,16,26,28,30H,7-12H2,(H3,27,29,32)/b15-14-,26-20?. The van der Waals surface area contributed by atoms with E-state index in [1.807, 2.05) is 35.2 Å².